The van der Waals surface area contributed by atoms with Gasteiger partial charge in [0.05, 0.1) is 16.9 Å². The number of anilines is 2. The number of hydrogen-bond acceptors (Lipinski definition) is 5. The van der Waals surface area contributed by atoms with Gasteiger partial charge in [0, 0.05) is 51.7 Å². The molecule has 3 N–H and O–H groups in total. The van der Waals surface area contributed by atoms with E-state index < -0.39 is 0 Å². The van der Waals surface area contributed by atoms with E-state index in [1.54, 1.807) is 6.20 Å². The lowest BCUT2D eigenvalue weighted by Gasteiger charge is -2.32. The van der Waals surface area contributed by atoms with Crippen LogP contribution in [-0.2, 0) is 9.31 Å². The largest absolute Gasteiger partial charge is 0.498 e. The summed E-state index contributed by atoms with van der Waals surface area (Å²) >= 11 is 3.49. The van der Waals surface area contributed by atoms with E-state index in [4.69, 9.17) is 9.31 Å². The maximum atomic E-state index is 12.6. The first kappa shape index (κ1) is 29.9. The predicted octanol–water partition coefficient (Wildman–Crippen LogP) is 7.39. The number of aromatic amines is 1. The minimum Gasteiger partial charge on any atom is -0.399 e. The molecule has 1 aromatic carbocycles. The molecule has 4 heterocycles. The zero-order valence-electron chi connectivity index (χ0n) is 25.5. The normalized spacial score (nSPS) is 22.0. The second-order valence-corrected chi connectivity index (χ2v) is 14.0. The summed E-state index contributed by atoms with van der Waals surface area (Å²) in [4.78, 5) is 20.3. The molecule has 1 saturated heterocycles. The summed E-state index contributed by atoms with van der Waals surface area (Å²) in [6.45, 7) is 10.5. The molecule has 2 fully saturated rings. The van der Waals surface area contributed by atoms with Gasteiger partial charge in [0.25, 0.3) is 0 Å². The first-order chi connectivity index (χ1) is 20.5. The summed E-state index contributed by atoms with van der Waals surface area (Å²) in [5.74, 6) is 1.69. The third-order valence-electron chi connectivity index (χ3n) is 9.51. The van der Waals surface area contributed by atoms with E-state index in [-0.39, 0.29) is 24.4 Å². The highest BCUT2D eigenvalue weighted by Gasteiger charge is 2.52. The lowest BCUT2D eigenvalue weighted by molar-refractivity contribution is 0.00578. The fourth-order valence-electron chi connectivity index (χ4n) is 6.20. The summed E-state index contributed by atoms with van der Waals surface area (Å²) in [6.07, 6.45) is 13.4. The Morgan fingerprint density at radius 1 is 1.09 bits per heavy atom. The maximum absolute atomic E-state index is 12.6. The third-order valence-corrected chi connectivity index (χ3v) is 10.0. The number of fused-ring (bicyclic) bond motifs is 1. The maximum Gasteiger partial charge on any atom is 0.498 e. The molecule has 1 aliphatic carbocycles. The Morgan fingerprint density at radius 2 is 1.84 bits per heavy atom. The molecule has 1 unspecified atom stereocenters. The van der Waals surface area contributed by atoms with E-state index in [0.29, 0.717) is 23.7 Å². The average molecular weight is 647 g/mol. The fraction of sp³-hybridized carbons (Fsp3) is 0.469. The van der Waals surface area contributed by atoms with Crippen LogP contribution in [0.5, 0.6) is 0 Å². The van der Waals surface area contributed by atoms with Gasteiger partial charge in [0.1, 0.15) is 5.82 Å². The highest BCUT2D eigenvalue weighted by Crippen LogP contribution is 2.39. The number of carbonyl (C=O) groups is 1. The van der Waals surface area contributed by atoms with Crippen molar-refractivity contribution in [3.63, 3.8) is 0 Å². The summed E-state index contributed by atoms with van der Waals surface area (Å²) in [7, 11) is -0.381. The van der Waals surface area contributed by atoms with Gasteiger partial charge in [0.2, 0.25) is 0 Å². The number of hydrogen-bond donors (Lipinski definition) is 3. The molecule has 3 aromatic heterocycles. The van der Waals surface area contributed by atoms with Crippen LogP contribution >= 0.6 is 15.9 Å². The number of rotatable bonds is 7. The van der Waals surface area contributed by atoms with Crippen LogP contribution < -0.4 is 16.1 Å². The molecule has 0 radical (unpaired) electrons. The Bertz CT molecular complexity index is 1580. The van der Waals surface area contributed by atoms with Crippen molar-refractivity contribution in [1.82, 2.24) is 19.7 Å². The fourth-order valence-corrected chi connectivity index (χ4v) is 6.56. The Hall–Kier alpha value is -3.15. The monoisotopic (exact) mass is 646 g/mol. The molecule has 1 aliphatic heterocycles. The molecular weight excluding hydrogens is 607 g/mol. The van der Waals surface area contributed by atoms with Crippen molar-refractivity contribution in [2.75, 3.05) is 10.6 Å². The molecule has 0 bridgehead atoms. The standard InChI is InChI=1S/C32H40BBrN6O3/c1-20(40-19-24(17-37-40)33-42-31(2,3)32(4,5)43-33)14-21-6-8-22(9-7-21)23-10-13-29(36-16-23)39-30(41)38-28-18-35-27-12-11-25(34)15-26(27)28/h10-13,15-22,35H,6-9,14H2,1-5H3,(H2,36,38,39,41). The van der Waals surface area contributed by atoms with E-state index in [1.807, 2.05) is 36.7 Å². The predicted molar refractivity (Wildman–Crippen MR) is 175 cm³/mol. The molecule has 0 spiro atoms. The lowest BCUT2D eigenvalue weighted by Crippen LogP contribution is -2.41. The molecular formula is C32H40BBrN6O3. The van der Waals surface area contributed by atoms with Crippen LogP contribution in [-0.4, -0.2) is 44.1 Å². The van der Waals surface area contributed by atoms with Crippen LogP contribution in [0.3, 0.4) is 0 Å². The van der Waals surface area contributed by atoms with E-state index in [9.17, 15) is 4.79 Å². The number of halogens is 1. The van der Waals surface area contributed by atoms with Gasteiger partial charge < -0.3 is 19.6 Å². The SMILES string of the molecule is CC(CC1CCC(c2ccc(NC(=O)Nc3c[nH]c4ccc(Br)cc34)nc2)CC1)n1cc(B2OC(C)(C)C(C)(C)O2)cn1. The molecule has 6 rings (SSSR count). The minimum absolute atomic E-state index is 0.307. The van der Waals surface area contributed by atoms with Gasteiger partial charge >= 0.3 is 13.1 Å². The topological polar surface area (TPSA) is 106 Å². The molecule has 1 atom stereocenters. The second kappa shape index (κ2) is 11.7. The first-order valence-electron chi connectivity index (χ1n) is 15.2. The summed E-state index contributed by atoms with van der Waals surface area (Å²) in [6, 6.07) is 9.87. The Balaban J connectivity index is 0.975. The molecule has 2 amide bonds. The zero-order valence-corrected chi connectivity index (χ0v) is 27.1. The van der Waals surface area contributed by atoms with Crippen molar-refractivity contribution in [1.29, 1.82) is 0 Å². The van der Waals surface area contributed by atoms with Crippen molar-refractivity contribution in [3.8, 4) is 0 Å². The van der Waals surface area contributed by atoms with Gasteiger partial charge in [-0.3, -0.25) is 10.00 Å². The lowest BCUT2D eigenvalue weighted by atomic mass is 9.77. The summed E-state index contributed by atoms with van der Waals surface area (Å²) in [5, 5.41) is 11.4. The first-order valence-corrected chi connectivity index (χ1v) is 16.0. The summed E-state index contributed by atoms with van der Waals surface area (Å²) in [5.41, 5.74) is 3.16. The number of nitrogens with one attached hydrogen (secondary N) is 3. The zero-order chi connectivity index (χ0) is 30.4. The second-order valence-electron chi connectivity index (χ2n) is 13.1. The molecule has 9 nitrogen and oxygen atoms in total. The van der Waals surface area contributed by atoms with Gasteiger partial charge in [0.15, 0.2) is 0 Å². The smallest absolute Gasteiger partial charge is 0.399 e. The molecule has 2 aliphatic rings. The highest BCUT2D eigenvalue weighted by molar-refractivity contribution is 9.10. The number of benzene rings is 1. The van der Waals surface area contributed by atoms with Crippen LogP contribution in [0.4, 0.5) is 16.3 Å². The van der Waals surface area contributed by atoms with Crippen molar-refractivity contribution in [2.45, 2.75) is 89.9 Å². The van der Waals surface area contributed by atoms with E-state index in [1.165, 1.54) is 18.4 Å². The molecule has 11 heteroatoms. The van der Waals surface area contributed by atoms with Crippen LogP contribution in [0, 0.1) is 5.92 Å². The van der Waals surface area contributed by atoms with Crippen LogP contribution in [0.25, 0.3) is 10.9 Å². The number of nitrogens with zero attached hydrogens (tertiary/aromatic N) is 3. The molecule has 4 aromatic rings. The van der Waals surface area contributed by atoms with E-state index in [0.717, 1.165) is 45.8 Å². The minimum atomic E-state index is -0.381. The van der Waals surface area contributed by atoms with Gasteiger partial charge in [-0.25, -0.2) is 9.78 Å². The van der Waals surface area contributed by atoms with Crippen molar-refractivity contribution in [2.24, 2.45) is 5.92 Å². The van der Waals surface area contributed by atoms with Crippen LogP contribution in [0.1, 0.15) is 84.2 Å². The number of aromatic nitrogens is 4. The van der Waals surface area contributed by atoms with E-state index in [2.05, 4.69) is 93.2 Å². The van der Waals surface area contributed by atoms with Gasteiger partial charge in [-0.1, -0.05) is 22.0 Å². The molecule has 1 saturated carbocycles. The van der Waals surface area contributed by atoms with E-state index >= 15 is 0 Å². The number of amides is 2. The average Bonchev–Trinajstić information content (AvgIpc) is 3.66. The molecule has 226 valence electrons. The van der Waals surface area contributed by atoms with Crippen molar-refractivity contribution >= 4 is 57.0 Å². The van der Waals surface area contributed by atoms with Gasteiger partial charge in [-0.15, -0.1) is 0 Å². The third kappa shape index (κ3) is 6.39. The Kier molecular flexibility index (Phi) is 8.17. The number of urea groups is 1. The van der Waals surface area contributed by atoms with Crippen molar-refractivity contribution < 1.29 is 14.1 Å². The van der Waals surface area contributed by atoms with Crippen molar-refractivity contribution in [3.05, 3.63) is 65.2 Å². The Labute approximate surface area is 261 Å². The van der Waals surface area contributed by atoms with Crippen LogP contribution in [0.2, 0.25) is 0 Å². The van der Waals surface area contributed by atoms with Gasteiger partial charge in [-0.05, 0) is 108 Å². The number of pyridine rings is 1. The molecule has 43 heavy (non-hydrogen) atoms. The highest BCUT2D eigenvalue weighted by atomic mass is 79.9. The summed E-state index contributed by atoms with van der Waals surface area (Å²) < 4.78 is 15.4. The van der Waals surface area contributed by atoms with Gasteiger partial charge in [-0.2, -0.15) is 5.10 Å². The van der Waals surface area contributed by atoms with Crippen LogP contribution in [0.15, 0.2) is 59.6 Å². The Morgan fingerprint density at radius 3 is 2.53 bits per heavy atom. The number of H-pyrrole nitrogens is 1. The quantitative estimate of drug-likeness (QED) is 0.182. The number of carbonyl (C=O) groups excluding carboxylic acids is 1.